The van der Waals surface area contributed by atoms with Crippen molar-refractivity contribution in [2.24, 2.45) is 11.3 Å². The first-order valence-electron chi connectivity index (χ1n) is 28.8. The Bertz CT molecular complexity index is 2710. The van der Waals surface area contributed by atoms with Crippen molar-refractivity contribution in [1.82, 2.24) is 40.2 Å². The number of fused-ring (bicyclic) bond motifs is 1. The molecule has 420 valence electrons. The largest absolute Gasteiger partial charge is 0.370 e. The van der Waals surface area contributed by atoms with Gasteiger partial charge in [0.15, 0.2) is 0 Å². The zero-order valence-electron chi connectivity index (χ0n) is 45.6. The van der Waals surface area contributed by atoms with E-state index in [-0.39, 0.29) is 42.3 Å². The number of carbonyl (C=O) groups is 6. The molecular formula is C58H78F2N12O6. The van der Waals surface area contributed by atoms with Gasteiger partial charge in [0.1, 0.15) is 35.6 Å². The minimum atomic E-state index is -0.984. The van der Waals surface area contributed by atoms with Gasteiger partial charge in [-0.3, -0.25) is 48.8 Å². The van der Waals surface area contributed by atoms with E-state index in [0.717, 1.165) is 152 Å². The van der Waals surface area contributed by atoms with Crippen molar-refractivity contribution in [2.75, 3.05) is 112 Å². The van der Waals surface area contributed by atoms with Crippen LogP contribution in [0.25, 0.3) is 0 Å². The van der Waals surface area contributed by atoms with Gasteiger partial charge in [-0.15, -0.1) is 0 Å². The average Bonchev–Trinajstić information content (AvgIpc) is 3.97. The fraction of sp³-hybridized carbons (Fsp3) is 0.621. The van der Waals surface area contributed by atoms with Gasteiger partial charge in [0.05, 0.1) is 34.6 Å². The highest BCUT2D eigenvalue weighted by atomic mass is 19.1. The number of halogens is 2. The SMILES string of the molecule is CC1(C)CCN(Cc2cc(F)c(N3CC(=O)NC4(CCN(c5cc(NCC6CCN(C(=O)CCCCCCCCN7CCN(c8cccc9c8C(=O)N(C8CCC(=O)NC8=O)C9=O)CC7)CC6)ncn5)CC4)C3)cc2F)CC1. The molecule has 1 spiro atoms. The lowest BCUT2D eigenvalue weighted by Gasteiger charge is -2.48. The van der Waals surface area contributed by atoms with Crippen molar-refractivity contribution in [3.8, 4) is 0 Å². The maximum Gasteiger partial charge on any atom is 0.264 e. The Morgan fingerprint density at radius 3 is 2.19 bits per heavy atom. The second-order valence-electron chi connectivity index (χ2n) is 23.8. The third-order valence-electron chi connectivity index (χ3n) is 17.8. The molecule has 3 aromatic rings. The Morgan fingerprint density at radius 2 is 1.45 bits per heavy atom. The van der Waals surface area contributed by atoms with Crippen LogP contribution in [0.1, 0.15) is 136 Å². The Kier molecular flexibility index (Phi) is 16.9. The predicted molar refractivity (Wildman–Crippen MR) is 293 cm³/mol. The second kappa shape index (κ2) is 24.0. The summed E-state index contributed by atoms with van der Waals surface area (Å²) in [6.07, 6.45) is 14.0. The average molecular weight is 1080 g/mol. The molecular weight excluding hydrogens is 999 g/mol. The van der Waals surface area contributed by atoms with Crippen molar-refractivity contribution in [3.63, 3.8) is 0 Å². The number of benzene rings is 2. The number of carbonyl (C=O) groups excluding carboxylic acids is 6. The maximum absolute atomic E-state index is 15.7. The van der Waals surface area contributed by atoms with Crippen LogP contribution in [0.15, 0.2) is 42.7 Å². The number of unbranched alkanes of at least 4 members (excludes halogenated alkanes) is 5. The van der Waals surface area contributed by atoms with E-state index in [0.29, 0.717) is 68.0 Å². The number of amides is 6. The van der Waals surface area contributed by atoms with Gasteiger partial charge in [-0.25, -0.2) is 18.7 Å². The number of aromatic nitrogens is 2. The van der Waals surface area contributed by atoms with E-state index in [4.69, 9.17) is 0 Å². The zero-order chi connectivity index (χ0) is 54.6. The summed E-state index contributed by atoms with van der Waals surface area (Å²) in [4.78, 5) is 100. The number of nitrogens with zero attached hydrogens (tertiary/aromatic N) is 9. The van der Waals surface area contributed by atoms with Crippen LogP contribution in [0.5, 0.6) is 0 Å². The number of hydrogen-bond acceptors (Lipinski definition) is 14. The van der Waals surface area contributed by atoms with Gasteiger partial charge in [0, 0.05) is 103 Å². The molecule has 0 bridgehead atoms. The van der Waals surface area contributed by atoms with Crippen molar-refractivity contribution in [1.29, 1.82) is 0 Å². The molecule has 20 heteroatoms. The summed E-state index contributed by atoms with van der Waals surface area (Å²) in [5, 5.41) is 8.99. The van der Waals surface area contributed by atoms with E-state index in [1.807, 2.05) is 17.0 Å². The number of nitrogens with one attached hydrogen (secondary N) is 3. The van der Waals surface area contributed by atoms with Gasteiger partial charge >= 0.3 is 0 Å². The molecule has 6 amide bonds. The molecule has 7 aliphatic heterocycles. The molecule has 0 radical (unpaired) electrons. The molecule has 18 nitrogen and oxygen atoms in total. The van der Waals surface area contributed by atoms with Gasteiger partial charge in [-0.2, -0.15) is 0 Å². The molecule has 10 rings (SSSR count). The Hall–Kier alpha value is -6.28. The van der Waals surface area contributed by atoms with Crippen LogP contribution in [0, 0.1) is 23.0 Å². The molecule has 3 N–H and O–H groups in total. The number of piperidine rings is 4. The number of anilines is 4. The fourth-order valence-corrected chi connectivity index (χ4v) is 12.8. The van der Waals surface area contributed by atoms with Gasteiger partial charge in [0.2, 0.25) is 23.6 Å². The zero-order valence-corrected chi connectivity index (χ0v) is 45.6. The van der Waals surface area contributed by atoms with Crippen molar-refractivity contribution in [3.05, 3.63) is 71.1 Å². The Morgan fingerprint density at radius 1 is 0.718 bits per heavy atom. The summed E-state index contributed by atoms with van der Waals surface area (Å²) in [7, 11) is 0. The van der Waals surface area contributed by atoms with Crippen LogP contribution in [0.4, 0.5) is 31.8 Å². The van der Waals surface area contributed by atoms with E-state index in [9.17, 15) is 28.8 Å². The summed E-state index contributed by atoms with van der Waals surface area (Å²) in [6.45, 7) is 14.6. The highest BCUT2D eigenvalue weighted by molar-refractivity contribution is 6.25. The molecule has 7 aliphatic rings. The fourth-order valence-electron chi connectivity index (χ4n) is 12.8. The molecule has 0 saturated carbocycles. The number of piperazine rings is 2. The van der Waals surface area contributed by atoms with Crippen LogP contribution in [0.2, 0.25) is 0 Å². The minimum Gasteiger partial charge on any atom is -0.370 e. The normalized spacial score (nSPS) is 22.3. The first-order valence-corrected chi connectivity index (χ1v) is 28.8. The maximum atomic E-state index is 15.7. The number of likely N-dealkylation sites (tertiary alicyclic amines) is 2. The highest BCUT2D eigenvalue weighted by Crippen LogP contribution is 2.37. The van der Waals surface area contributed by atoms with E-state index in [1.54, 1.807) is 23.4 Å². The predicted octanol–water partition coefficient (Wildman–Crippen LogP) is 5.96. The molecule has 6 saturated heterocycles. The van der Waals surface area contributed by atoms with E-state index in [1.165, 1.54) is 12.1 Å². The lowest BCUT2D eigenvalue weighted by molar-refractivity contribution is -0.136. The molecule has 2 aromatic carbocycles. The van der Waals surface area contributed by atoms with Crippen LogP contribution in [0.3, 0.4) is 0 Å². The van der Waals surface area contributed by atoms with Crippen molar-refractivity contribution in [2.45, 2.75) is 128 Å². The van der Waals surface area contributed by atoms with Gasteiger partial charge in [-0.1, -0.05) is 45.6 Å². The van der Waals surface area contributed by atoms with Crippen LogP contribution >= 0.6 is 0 Å². The quantitative estimate of drug-likeness (QED) is 0.100. The second-order valence-corrected chi connectivity index (χ2v) is 23.8. The molecule has 1 unspecified atom stereocenters. The van der Waals surface area contributed by atoms with E-state index >= 15 is 8.78 Å². The van der Waals surface area contributed by atoms with Gasteiger partial charge < -0.3 is 30.2 Å². The molecule has 6 fully saturated rings. The van der Waals surface area contributed by atoms with Crippen LogP contribution in [-0.4, -0.2) is 168 Å². The summed E-state index contributed by atoms with van der Waals surface area (Å²) in [6, 6.07) is 8.88. The first-order chi connectivity index (χ1) is 37.6. The minimum absolute atomic E-state index is 0.0242. The lowest BCUT2D eigenvalue weighted by atomic mass is 9.82. The highest BCUT2D eigenvalue weighted by Gasteiger charge is 2.47. The van der Waals surface area contributed by atoms with Gasteiger partial charge in [-0.05, 0) is 107 Å². The van der Waals surface area contributed by atoms with Crippen molar-refractivity contribution >= 4 is 58.5 Å². The van der Waals surface area contributed by atoms with Crippen LogP contribution < -0.4 is 30.7 Å². The third-order valence-corrected chi connectivity index (χ3v) is 17.8. The number of hydrogen-bond donors (Lipinski definition) is 3. The molecule has 78 heavy (non-hydrogen) atoms. The van der Waals surface area contributed by atoms with Crippen molar-refractivity contribution < 1.29 is 37.5 Å². The molecule has 8 heterocycles. The molecule has 0 aliphatic carbocycles. The monoisotopic (exact) mass is 1080 g/mol. The summed E-state index contributed by atoms with van der Waals surface area (Å²) < 4.78 is 31.3. The van der Waals surface area contributed by atoms with Gasteiger partial charge in [0.25, 0.3) is 11.8 Å². The first kappa shape index (κ1) is 55.1. The summed E-state index contributed by atoms with van der Waals surface area (Å²) >= 11 is 0. The summed E-state index contributed by atoms with van der Waals surface area (Å²) in [5.41, 5.74) is 1.55. The lowest BCUT2D eigenvalue weighted by Crippen LogP contribution is -2.66. The Balaban J connectivity index is 0.582. The van der Waals surface area contributed by atoms with E-state index < -0.39 is 46.8 Å². The third kappa shape index (κ3) is 12.7. The smallest absolute Gasteiger partial charge is 0.264 e. The number of rotatable bonds is 18. The standard InChI is InChI=1S/C58H78F2N12O6/c1-57(2)17-24-67(25-18-57)36-41-32-44(60)47(33-43(41)59)71-37-51(74)65-58(38-71)19-26-69(27-20-58)49-34-48(62-39-63-49)61-35-40-15-22-70(23-16-40)52(75)12-7-5-3-4-6-8-21-66-28-30-68(31-29-66)45-11-9-10-42-53(45)56(78)72(55(42)77)46-13-14-50(73)64-54(46)76/h9-11,32-34,39-40,46H,3-8,12-31,35-38H2,1-2H3,(H,65,74)(H,61,62,63)(H,64,73,76). The van der Waals surface area contributed by atoms with E-state index in [2.05, 4.69) is 59.4 Å². The Labute approximate surface area is 457 Å². The van der Waals surface area contributed by atoms with Crippen LogP contribution in [-0.2, 0) is 25.7 Å². The number of imide groups is 2. The molecule has 1 aromatic heterocycles. The molecule has 1 atom stereocenters. The summed E-state index contributed by atoms with van der Waals surface area (Å²) in [5.74, 6) is -0.883. The topological polar surface area (TPSA) is 187 Å².